The number of hydrogen-bond acceptors (Lipinski definition) is 2. The lowest BCUT2D eigenvalue weighted by atomic mass is 10.2. The fourth-order valence-corrected chi connectivity index (χ4v) is 2.74. The highest BCUT2D eigenvalue weighted by molar-refractivity contribution is 5.95. The quantitative estimate of drug-likeness (QED) is 0.766. The van der Waals surface area contributed by atoms with Crippen LogP contribution in [0.2, 0.25) is 0 Å². The van der Waals surface area contributed by atoms with E-state index in [9.17, 15) is 9.18 Å². The third-order valence-corrected chi connectivity index (χ3v) is 3.94. The molecule has 0 atom stereocenters. The summed E-state index contributed by atoms with van der Waals surface area (Å²) in [4.78, 5) is 14.3. The molecule has 124 valence electrons. The minimum Gasteiger partial charge on any atom is -0.385 e. The van der Waals surface area contributed by atoms with Gasteiger partial charge in [-0.2, -0.15) is 0 Å². The average molecular weight is 318 g/mol. The molecule has 0 saturated heterocycles. The molecule has 1 heterocycles. The molecule has 1 aromatic heterocycles. The molecule has 1 amide bonds. The van der Waals surface area contributed by atoms with Gasteiger partial charge in [-0.25, -0.2) is 4.39 Å². The Kier molecular flexibility index (Phi) is 5.55. The molecule has 2 aromatic rings. The first kappa shape index (κ1) is 17.2. The Balaban J connectivity index is 2.31. The maximum Gasteiger partial charge on any atom is 0.255 e. The fraction of sp³-hybridized carbons (Fsp3) is 0.389. The molecule has 0 aliphatic rings. The van der Waals surface area contributed by atoms with Crippen LogP contribution in [0.3, 0.4) is 0 Å². The largest absolute Gasteiger partial charge is 0.385 e. The minimum absolute atomic E-state index is 0.0585. The van der Waals surface area contributed by atoms with Crippen molar-refractivity contribution in [2.24, 2.45) is 0 Å². The van der Waals surface area contributed by atoms with Gasteiger partial charge < -0.3 is 14.2 Å². The van der Waals surface area contributed by atoms with E-state index in [1.165, 1.54) is 6.07 Å². The van der Waals surface area contributed by atoms with Crippen LogP contribution < -0.4 is 0 Å². The van der Waals surface area contributed by atoms with Crippen molar-refractivity contribution < 1.29 is 13.9 Å². The Morgan fingerprint density at radius 3 is 2.65 bits per heavy atom. The maximum absolute atomic E-state index is 14.1. The van der Waals surface area contributed by atoms with E-state index >= 15 is 0 Å². The Morgan fingerprint density at radius 2 is 2.00 bits per heavy atom. The monoisotopic (exact) mass is 318 g/mol. The van der Waals surface area contributed by atoms with Crippen molar-refractivity contribution in [3.8, 4) is 5.69 Å². The van der Waals surface area contributed by atoms with Crippen LogP contribution in [0.4, 0.5) is 4.39 Å². The number of aromatic nitrogens is 1. The summed E-state index contributed by atoms with van der Waals surface area (Å²) in [6.45, 7) is 4.96. The topological polar surface area (TPSA) is 34.5 Å². The van der Waals surface area contributed by atoms with E-state index < -0.39 is 0 Å². The molecule has 0 aliphatic carbocycles. The predicted molar refractivity (Wildman–Crippen MR) is 88.7 cm³/mol. The summed E-state index contributed by atoms with van der Waals surface area (Å²) in [7, 11) is 3.41. The molecule has 0 radical (unpaired) electrons. The normalized spacial score (nSPS) is 10.8. The molecular weight excluding hydrogens is 295 g/mol. The van der Waals surface area contributed by atoms with Gasteiger partial charge in [0.05, 0.1) is 11.3 Å². The number of methoxy groups -OCH3 is 1. The van der Waals surface area contributed by atoms with Crippen molar-refractivity contribution in [1.29, 1.82) is 0 Å². The molecule has 23 heavy (non-hydrogen) atoms. The number of carbonyl (C=O) groups is 1. The number of carbonyl (C=O) groups excluding carboxylic acids is 1. The van der Waals surface area contributed by atoms with Gasteiger partial charge in [0.25, 0.3) is 5.91 Å². The number of aryl methyl sites for hydroxylation is 1. The van der Waals surface area contributed by atoms with Crippen LogP contribution in [0.25, 0.3) is 5.69 Å². The number of para-hydroxylation sites is 1. The first-order chi connectivity index (χ1) is 11.0. The Morgan fingerprint density at radius 1 is 1.30 bits per heavy atom. The zero-order valence-electron chi connectivity index (χ0n) is 14.1. The van der Waals surface area contributed by atoms with Crippen LogP contribution >= 0.6 is 0 Å². The summed E-state index contributed by atoms with van der Waals surface area (Å²) in [6.07, 6.45) is 0.783. The van der Waals surface area contributed by atoms with E-state index in [0.29, 0.717) is 24.4 Å². The van der Waals surface area contributed by atoms with Gasteiger partial charge in [0.2, 0.25) is 0 Å². The second-order valence-corrected chi connectivity index (χ2v) is 5.64. The van der Waals surface area contributed by atoms with Gasteiger partial charge in [0.15, 0.2) is 0 Å². The highest BCUT2D eigenvalue weighted by atomic mass is 19.1. The minimum atomic E-state index is -0.304. The van der Waals surface area contributed by atoms with Crippen LogP contribution in [-0.2, 0) is 4.74 Å². The smallest absolute Gasteiger partial charge is 0.255 e. The van der Waals surface area contributed by atoms with Crippen LogP contribution in [0.1, 0.15) is 28.2 Å². The number of nitrogens with zero attached hydrogens (tertiary/aromatic N) is 2. The Bertz CT molecular complexity index is 694. The average Bonchev–Trinajstić information content (AvgIpc) is 2.82. The molecular formula is C18H23FN2O2. The zero-order chi connectivity index (χ0) is 17.0. The fourth-order valence-electron chi connectivity index (χ4n) is 2.74. The second kappa shape index (κ2) is 7.42. The molecule has 0 fully saturated rings. The Labute approximate surface area is 136 Å². The molecule has 2 rings (SSSR count). The number of benzene rings is 1. The standard InChI is InChI=1S/C18H23FN2O2/c1-13-12-15(18(22)20(3)10-7-11-23-4)14(2)21(13)17-9-6-5-8-16(17)19/h5-6,8-9,12H,7,10-11H2,1-4H3. The zero-order valence-corrected chi connectivity index (χ0v) is 14.1. The van der Waals surface area contributed by atoms with Gasteiger partial charge in [-0.1, -0.05) is 12.1 Å². The first-order valence-electron chi connectivity index (χ1n) is 7.65. The van der Waals surface area contributed by atoms with E-state index in [2.05, 4.69) is 0 Å². The molecule has 0 aliphatic heterocycles. The lowest BCUT2D eigenvalue weighted by Crippen LogP contribution is -2.28. The third kappa shape index (κ3) is 3.62. The third-order valence-electron chi connectivity index (χ3n) is 3.94. The van der Waals surface area contributed by atoms with Crippen LogP contribution in [-0.4, -0.2) is 42.7 Å². The number of amides is 1. The van der Waals surface area contributed by atoms with Crippen molar-refractivity contribution in [2.75, 3.05) is 27.3 Å². The molecule has 4 nitrogen and oxygen atoms in total. The van der Waals surface area contributed by atoms with Gasteiger partial charge in [-0.05, 0) is 38.5 Å². The summed E-state index contributed by atoms with van der Waals surface area (Å²) in [6, 6.07) is 8.40. The lowest BCUT2D eigenvalue weighted by molar-refractivity contribution is 0.0778. The summed E-state index contributed by atoms with van der Waals surface area (Å²) in [5.74, 6) is -0.362. The maximum atomic E-state index is 14.1. The molecule has 0 N–H and O–H groups in total. The van der Waals surface area contributed by atoms with E-state index in [4.69, 9.17) is 4.74 Å². The highest BCUT2D eigenvalue weighted by Gasteiger charge is 2.20. The van der Waals surface area contributed by atoms with Crippen LogP contribution in [0, 0.1) is 19.7 Å². The number of ether oxygens (including phenoxy) is 1. The van der Waals surface area contributed by atoms with Gasteiger partial charge in [0.1, 0.15) is 5.82 Å². The molecule has 1 aromatic carbocycles. The van der Waals surface area contributed by atoms with Crippen molar-refractivity contribution in [3.05, 3.63) is 53.1 Å². The van der Waals surface area contributed by atoms with E-state index in [1.54, 1.807) is 41.8 Å². The van der Waals surface area contributed by atoms with E-state index in [-0.39, 0.29) is 11.7 Å². The van der Waals surface area contributed by atoms with Gasteiger partial charge in [0, 0.05) is 38.7 Å². The van der Waals surface area contributed by atoms with E-state index in [0.717, 1.165) is 17.8 Å². The molecule has 0 spiro atoms. The van der Waals surface area contributed by atoms with Crippen molar-refractivity contribution >= 4 is 5.91 Å². The summed E-state index contributed by atoms with van der Waals surface area (Å²) < 4.78 is 20.9. The Hall–Kier alpha value is -2.14. The number of hydrogen-bond donors (Lipinski definition) is 0. The highest BCUT2D eigenvalue weighted by Crippen LogP contribution is 2.23. The van der Waals surface area contributed by atoms with Gasteiger partial charge >= 0.3 is 0 Å². The van der Waals surface area contributed by atoms with Crippen LogP contribution in [0.5, 0.6) is 0 Å². The summed E-state index contributed by atoms with van der Waals surface area (Å²) in [5, 5.41) is 0. The summed E-state index contributed by atoms with van der Waals surface area (Å²) >= 11 is 0. The van der Waals surface area contributed by atoms with Gasteiger partial charge in [-0.3, -0.25) is 4.79 Å². The van der Waals surface area contributed by atoms with E-state index in [1.807, 2.05) is 19.9 Å². The first-order valence-corrected chi connectivity index (χ1v) is 7.65. The van der Waals surface area contributed by atoms with Crippen molar-refractivity contribution in [2.45, 2.75) is 20.3 Å². The second-order valence-electron chi connectivity index (χ2n) is 5.64. The predicted octanol–water partition coefficient (Wildman–Crippen LogP) is 3.34. The number of halogens is 1. The van der Waals surface area contributed by atoms with Gasteiger partial charge in [-0.15, -0.1) is 0 Å². The summed E-state index contributed by atoms with van der Waals surface area (Å²) in [5.41, 5.74) is 2.65. The van der Waals surface area contributed by atoms with Crippen molar-refractivity contribution in [1.82, 2.24) is 9.47 Å². The van der Waals surface area contributed by atoms with Crippen molar-refractivity contribution in [3.63, 3.8) is 0 Å². The molecule has 5 heteroatoms. The van der Waals surface area contributed by atoms with Crippen LogP contribution in [0.15, 0.2) is 30.3 Å². The number of rotatable bonds is 6. The SMILES string of the molecule is COCCCN(C)C(=O)c1cc(C)n(-c2ccccc2F)c1C. The molecule has 0 unspecified atom stereocenters. The molecule has 0 bridgehead atoms. The molecule has 0 saturated carbocycles. The lowest BCUT2D eigenvalue weighted by Gasteiger charge is -2.17.